The number of carbonyl (C=O) groups is 2. The number of anilines is 1. The van der Waals surface area contributed by atoms with Crippen molar-refractivity contribution < 1.29 is 14.7 Å². The standard InChI is InChI=1S/C12H10BrN3O3/c13-8-1-2-10(7(3-8)5-14)16-6-9(4-11(16)17)15-12(18)19/h1-3,9,15H,4,6H2,(H,18,19)/t9-/m0/s1. The minimum Gasteiger partial charge on any atom is -0.465 e. The molecule has 1 heterocycles. The third kappa shape index (κ3) is 2.85. The number of benzene rings is 1. The lowest BCUT2D eigenvalue weighted by Gasteiger charge is -2.18. The molecule has 1 aliphatic rings. The van der Waals surface area contributed by atoms with Gasteiger partial charge in [0.15, 0.2) is 0 Å². The molecule has 2 amide bonds. The summed E-state index contributed by atoms with van der Waals surface area (Å²) in [6.45, 7) is 0.238. The molecule has 1 fully saturated rings. The van der Waals surface area contributed by atoms with E-state index in [9.17, 15) is 9.59 Å². The van der Waals surface area contributed by atoms with Gasteiger partial charge in [0.2, 0.25) is 5.91 Å². The Balaban J connectivity index is 2.26. The predicted octanol–water partition coefficient (Wildman–Crippen LogP) is 1.69. The molecule has 2 rings (SSSR count). The highest BCUT2D eigenvalue weighted by Crippen LogP contribution is 2.27. The lowest BCUT2D eigenvalue weighted by atomic mass is 10.2. The van der Waals surface area contributed by atoms with Crippen molar-refractivity contribution in [2.24, 2.45) is 0 Å². The van der Waals surface area contributed by atoms with Crippen LogP contribution in [0.5, 0.6) is 0 Å². The summed E-state index contributed by atoms with van der Waals surface area (Å²) in [4.78, 5) is 23.9. The lowest BCUT2D eigenvalue weighted by molar-refractivity contribution is -0.117. The molecule has 1 atom stereocenters. The normalized spacial score (nSPS) is 18.2. The highest BCUT2D eigenvalue weighted by molar-refractivity contribution is 9.10. The van der Waals surface area contributed by atoms with E-state index in [4.69, 9.17) is 10.4 Å². The molecule has 0 radical (unpaired) electrons. The number of rotatable bonds is 2. The van der Waals surface area contributed by atoms with Gasteiger partial charge in [-0.05, 0) is 18.2 Å². The SMILES string of the molecule is N#Cc1cc(Br)ccc1N1C[C@@H](NC(=O)O)CC1=O. The average molecular weight is 324 g/mol. The van der Waals surface area contributed by atoms with E-state index in [1.165, 1.54) is 4.90 Å². The Morgan fingerprint density at radius 2 is 2.32 bits per heavy atom. The molecule has 1 aromatic carbocycles. The van der Waals surface area contributed by atoms with E-state index in [1.807, 2.05) is 6.07 Å². The zero-order valence-electron chi connectivity index (χ0n) is 9.76. The van der Waals surface area contributed by atoms with Crippen molar-refractivity contribution in [2.45, 2.75) is 12.5 Å². The van der Waals surface area contributed by atoms with E-state index in [-0.39, 0.29) is 18.9 Å². The van der Waals surface area contributed by atoms with Gasteiger partial charge in [-0.3, -0.25) is 4.79 Å². The molecule has 6 nitrogen and oxygen atoms in total. The Morgan fingerprint density at radius 1 is 1.58 bits per heavy atom. The highest BCUT2D eigenvalue weighted by Gasteiger charge is 2.32. The number of carbonyl (C=O) groups excluding carboxylic acids is 1. The first kappa shape index (κ1) is 13.4. The Kier molecular flexibility index (Phi) is 3.71. The van der Waals surface area contributed by atoms with Gasteiger partial charge < -0.3 is 15.3 Å². The monoisotopic (exact) mass is 323 g/mol. The van der Waals surface area contributed by atoms with Crippen LogP contribution in [-0.4, -0.2) is 29.7 Å². The van der Waals surface area contributed by atoms with Gasteiger partial charge in [0.1, 0.15) is 6.07 Å². The average Bonchev–Trinajstić information content (AvgIpc) is 2.69. The van der Waals surface area contributed by atoms with Crippen LogP contribution in [0.25, 0.3) is 0 Å². The van der Waals surface area contributed by atoms with Gasteiger partial charge in [-0.1, -0.05) is 15.9 Å². The fraction of sp³-hybridized carbons (Fsp3) is 0.250. The Hall–Kier alpha value is -2.07. The summed E-state index contributed by atoms with van der Waals surface area (Å²) < 4.78 is 0.750. The zero-order chi connectivity index (χ0) is 14.0. The summed E-state index contributed by atoms with van der Waals surface area (Å²) in [7, 11) is 0. The number of amides is 2. The van der Waals surface area contributed by atoms with Gasteiger partial charge in [0.05, 0.1) is 17.3 Å². The largest absolute Gasteiger partial charge is 0.465 e. The van der Waals surface area contributed by atoms with Crippen LogP contribution in [-0.2, 0) is 4.79 Å². The Labute approximate surface area is 117 Å². The number of nitriles is 1. The van der Waals surface area contributed by atoms with Crippen molar-refractivity contribution in [3.63, 3.8) is 0 Å². The van der Waals surface area contributed by atoms with Crippen molar-refractivity contribution in [2.75, 3.05) is 11.4 Å². The van der Waals surface area contributed by atoms with E-state index in [0.717, 1.165) is 4.47 Å². The minimum atomic E-state index is -1.16. The van der Waals surface area contributed by atoms with Crippen molar-refractivity contribution in [3.05, 3.63) is 28.2 Å². The van der Waals surface area contributed by atoms with E-state index >= 15 is 0 Å². The van der Waals surface area contributed by atoms with Crippen LogP contribution >= 0.6 is 15.9 Å². The number of hydrogen-bond donors (Lipinski definition) is 2. The van der Waals surface area contributed by atoms with Gasteiger partial charge in [0.25, 0.3) is 0 Å². The van der Waals surface area contributed by atoms with Gasteiger partial charge in [-0.25, -0.2) is 4.79 Å². The van der Waals surface area contributed by atoms with Gasteiger partial charge >= 0.3 is 6.09 Å². The molecule has 0 aromatic heterocycles. The number of nitrogens with zero attached hydrogens (tertiary/aromatic N) is 2. The molecule has 2 N–H and O–H groups in total. The summed E-state index contributed by atoms with van der Waals surface area (Å²) in [5.41, 5.74) is 0.879. The topological polar surface area (TPSA) is 93.4 Å². The maximum Gasteiger partial charge on any atom is 0.404 e. The summed E-state index contributed by atoms with van der Waals surface area (Å²) in [5.74, 6) is -0.197. The van der Waals surface area contributed by atoms with Crippen LogP contribution in [0.15, 0.2) is 22.7 Å². The van der Waals surface area contributed by atoms with Crippen LogP contribution in [0.4, 0.5) is 10.5 Å². The second-order valence-corrected chi connectivity index (χ2v) is 5.04. The van der Waals surface area contributed by atoms with Crippen molar-refractivity contribution in [3.8, 4) is 6.07 Å². The maximum absolute atomic E-state index is 11.9. The number of carboxylic acid groups (broad SMARTS) is 1. The van der Waals surface area contributed by atoms with Crippen molar-refractivity contribution in [1.29, 1.82) is 5.26 Å². The van der Waals surface area contributed by atoms with E-state index < -0.39 is 12.1 Å². The molecule has 0 aliphatic carbocycles. The molecule has 1 aromatic rings. The predicted molar refractivity (Wildman–Crippen MR) is 70.8 cm³/mol. The van der Waals surface area contributed by atoms with Crippen LogP contribution in [0.2, 0.25) is 0 Å². The number of hydrogen-bond acceptors (Lipinski definition) is 3. The van der Waals surface area contributed by atoms with Crippen molar-refractivity contribution >= 4 is 33.6 Å². The number of halogens is 1. The van der Waals surface area contributed by atoms with Crippen LogP contribution < -0.4 is 10.2 Å². The Morgan fingerprint density at radius 3 is 2.95 bits per heavy atom. The fourth-order valence-electron chi connectivity index (χ4n) is 2.04. The van der Waals surface area contributed by atoms with Crippen LogP contribution in [0, 0.1) is 11.3 Å². The second kappa shape index (κ2) is 5.28. The molecular formula is C12H10BrN3O3. The van der Waals surface area contributed by atoms with Crippen molar-refractivity contribution in [1.82, 2.24) is 5.32 Å². The van der Waals surface area contributed by atoms with Gasteiger partial charge in [0, 0.05) is 17.4 Å². The summed E-state index contributed by atoms with van der Waals surface area (Å²) in [6.07, 6.45) is -1.05. The molecule has 1 saturated heterocycles. The summed E-state index contributed by atoms with van der Waals surface area (Å²) in [6, 6.07) is 6.62. The molecular weight excluding hydrogens is 314 g/mol. The lowest BCUT2D eigenvalue weighted by Crippen LogP contribution is -2.36. The first-order valence-electron chi connectivity index (χ1n) is 5.50. The summed E-state index contributed by atoms with van der Waals surface area (Å²) >= 11 is 3.26. The third-order valence-electron chi connectivity index (χ3n) is 2.82. The van der Waals surface area contributed by atoms with Gasteiger partial charge in [-0.15, -0.1) is 0 Å². The molecule has 0 spiro atoms. The Bertz CT molecular complexity index is 582. The smallest absolute Gasteiger partial charge is 0.404 e. The van der Waals surface area contributed by atoms with Gasteiger partial charge in [-0.2, -0.15) is 5.26 Å². The second-order valence-electron chi connectivity index (χ2n) is 4.13. The van der Waals surface area contributed by atoms with E-state index in [1.54, 1.807) is 18.2 Å². The molecule has 7 heteroatoms. The fourth-order valence-corrected chi connectivity index (χ4v) is 2.41. The quantitative estimate of drug-likeness (QED) is 0.866. The van der Waals surface area contributed by atoms with Crippen LogP contribution in [0.3, 0.4) is 0 Å². The molecule has 19 heavy (non-hydrogen) atoms. The summed E-state index contributed by atoms with van der Waals surface area (Å²) in [5, 5.41) is 20.0. The third-order valence-corrected chi connectivity index (χ3v) is 3.32. The molecule has 1 aliphatic heterocycles. The first-order valence-corrected chi connectivity index (χ1v) is 6.30. The molecule has 0 unspecified atom stereocenters. The molecule has 98 valence electrons. The number of nitrogens with one attached hydrogen (secondary N) is 1. The van der Waals surface area contributed by atoms with Crippen LogP contribution in [0.1, 0.15) is 12.0 Å². The van der Waals surface area contributed by atoms with E-state index in [0.29, 0.717) is 11.3 Å². The maximum atomic E-state index is 11.9. The molecule has 0 saturated carbocycles. The highest BCUT2D eigenvalue weighted by atomic mass is 79.9. The first-order chi connectivity index (χ1) is 9.01. The van der Waals surface area contributed by atoms with E-state index in [2.05, 4.69) is 21.2 Å². The minimum absolute atomic E-state index is 0.104. The zero-order valence-corrected chi connectivity index (χ0v) is 11.3. The molecule has 0 bridgehead atoms.